The van der Waals surface area contributed by atoms with Gasteiger partial charge in [0, 0.05) is 11.3 Å². The summed E-state index contributed by atoms with van der Waals surface area (Å²) in [6.45, 7) is 3.37. The van der Waals surface area contributed by atoms with Crippen molar-refractivity contribution in [3.63, 3.8) is 0 Å². The maximum absolute atomic E-state index is 13.8. The fourth-order valence-electron chi connectivity index (χ4n) is 3.47. The van der Waals surface area contributed by atoms with Crippen LogP contribution in [0, 0.1) is 24.4 Å². The topological polar surface area (TPSA) is 74.3 Å². The lowest BCUT2D eigenvalue weighted by Crippen LogP contribution is -2.43. The number of carbonyl (C=O) groups excluding carboxylic acids is 2. The second-order valence-corrected chi connectivity index (χ2v) is 9.45. The first-order valence-corrected chi connectivity index (χ1v) is 11.9. The van der Waals surface area contributed by atoms with Crippen LogP contribution in [0.5, 0.6) is 0 Å². The van der Waals surface area contributed by atoms with Crippen molar-refractivity contribution in [2.75, 3.05) is 24.2 Å². The van der Waals surface area contributed by atoms with Gasteiger partial charge in [-0.3, -0.25) is 14.5 Å². The van der Waals surface area contributed by atoms with E-state index in [2.05, 4.69) is 21.7 Å². The molecule has 6 nitrogen and oxygen atoms in total. The van der Waals surface area contributed by atoms with Crippen LogP contribution in [0.15, 0.2) is 54.6 Å². The average Bonchev–Trinajstić information content (AvgIpc) is 3.27. The molecule has 0 unspecified atom stereocenters. The van der Waals surface area contributed by atoms with Crippen molar-refractivity contribution in [3.05, 3.63) is 77.6 Å². The van der Waals surface area contributed by atoms with E-state index in [4.69, 9.17) is 0 Å². The summed E-state index contributed by atoms with van der Waals surface area (Å²) in [5.74, 6) is -5.54. The van der Waals surface area contributed by atoms with Gasteiger partial charge in [0.1, 0.15) is 5.01 Å². The number of thiazole rings is 1. The lowest BCUT2D eigenvalue weighted by molar-refractivity contribution is -0.122. The predicted molar refractivity (Wildman–Crippen MR) is 135 cm³/mol. The molecular formula is C26H23F3N4O2S. The Morgan fingerprint density at radius 3 is 2.44 bits per heavy atom. The van der Waals surface area contributed by atoms with Crippen molar-refractivity contribution in [1.82, 2.24) is 9.88 Å². The van der Waals surface area contributed by atoms with Gasteiger partial charge >= 0.3 is 0 Å². The Kier molecular flexibility index (Phi) is 7.37. The molecule has 0 aliphatic carbocycles. The first kappa shape index (κ1) is 25.3. The quantitative estimate of drug-likeness (QED) is 0.317. The van der Waals surface area contributed by atoms with Gasteiger partial charge < -0.3 is 10.6 Å². The van der Waals surface area contributed by atoms with Crippen LogP contribution in [0.1, 0.15) is 12.5 Å². The molecule has 36 heavy (non-hydrogen) atoms. The smallest absolute Gasteiger partial charge is 0.241 e. The summed E-state index contributed by atoms with van der Waals surface area (Å²) < 4.78 is 41.3. The van der Waals surface area contributed by atoms with E-state index in [1.165, 1.54) is 10.5 Å². The zero-order chi connectivity index (χ0) is 26.0. The van der Waals surface area contributed by atoms with E-state index in [9.17, 15) is 22.8 Å². The molecule has 0 aliphatic rings. The van der Waals surface area contributed by atoms with Crippen LogP contribution in [-0.4, -0.2) is 41.3 Å². The number of nitrogens with zero attached hydrogens (tertiary/aromatic N) is 2. The number of carbonyl (C=O) groups is 2. The minimum atomic E-state index is -1.67. The Morgan fingerprint density at radius 1 is 1.00 bits per heavy atom. The van der Waals surface area contributed by atoms with Crippen LogP contribution in [0.25, 0.3) is 20.8 Å². The van der Waals surface area contributed by atoms with Crippen LogP contribution in [-0.2, 0) is 9.59 Å². The van der Waals surface area contributed by atoms with Crippen molar-refractivity contribution in [1.29, 1.82) is 0 Å². The van der Waals surface area contributed by atoms with Crippen LogP contribution in [0.4, 0.5) is 24.5 Å². The molecule has 2 amide bonds. The Morgan fingerprint density at radius 2 is 1.72 bits per heavy atom. The van der Waals surface area contributed by atoms with Crippen LogP contribution < -0.4 is 10.6 Å². The number of benzene rings is 3. The highest BCUT2D eigenvalue weighted by molar-refractivity contribution is 7.21. The van der Waals surface area contributed by atoms with Crippen molar-refractivity contribution in [3.8, 4) is 10.6 Å². The van der Waals surface area contributed by atoms with Gasteiger partial charge in [-0.2, -0.15) is 0 Å². The zero-order valence-electron chi connectivity index (χ0n) is 19.7. The van der Waals surface area contributed by atoms with Gasteiger partial charge in [-0.15, -0.1) is 11.3 Å². The molecule has 1 atom stereocenters. The highest BCUT2D eigenvalue weighted by Gasteiger charge is 2.22. The minimum Gasteiger partial charge on any atom is -0.325 e. The van der Waals surface area contributed by atoms with E-state index < -0.39 is 35.1 Å². The second kappa shape index (κ2) is 10.5. The Bertz CT molecular complexity index is 1440. The number of aromatic nitrogens is 1. The monoisotopic (exact) mass is 512 g/mol. The van der Waals surface area contributed by atoms with Gasteiger partial charge in [-0.25, -0.2) is 18.2 Å². The zero-order valence-corrected chi connectivity index (χ0v) is 20.6. The van der Waals surface area contributed by atoms with E-state index in [-0.39, 0.29) is 12.5 Å². The van der Waals surface area contributed by atoms with E-state index >= 15 is 0 Å². The average molecular weight is 513 g/mol. The largest absolute Gasteiger partial charge is 0.325 e. The number of amides is 2. The first-order valence-electron chi connectivity index (χ1n) is 11.0. The van der Waals surface area contributed by atoms with E-state index in [1.807, 2.05) is 31.2 Å². The van der Waals surface area contributed by atoms with Crippen molar-refractivity contribution < 1.29 is 22.8 Å². The standard InChI is InChI=1S/C26H23F3N4O2S/c1-14-4-10-19-21(12-14)36-26(32-19)16-5-7-17(8-6-16)30-25(35)15(2)33(3)13-22(34)31-20-11-9-18(27)23(28)24(20)29/h4-12,15H,13H2,1-3H3,(H,30,35)(H,31,34)/t15-/m1/s1. The summed E-state index contributed by atoms with van der Waals surface area (Å²) in [6.07, 6.45) is 0. The molecule has 4 aromatic rings. The molecule has 3 aromatic carbocycles. The molecule has 4 rings (SSSR count). The van der Waals surface area contributed by atoms with Gasteiger partial charge in [0.05, 0.1) is 28.5 Å². The number of hydrogen-bond acceptors (Lipinski definition) is 5. The minimum absolute atomic E-state index is 0.275. The number of rotatable bonds is 7. The number of halogens is 3. The summed E-state index contributed by atoms with van der Waals surface area (Å²) in [5.41, 5.74) is 3.13. The number of fused-ring (bicyclic) bond motifs is 1. The highest BCUT2D eigenvalue weighted by atomic mass is 32.1. The molecule has 0 bridgehead atoms. The number of nitrogens with one attached hydrogen (secondary N) is 2. The molecule has 0 spiro atoms. The second-order valence-electron chi connectivity index (χ2n) is 8.42. The lowest BCUT2D eigenvalue weighted by atomic mass is 10.2. The molecule has 1 aromatic heterocycles. The van der Waals surface area contributed by atoms with E-state index in [1.54, 1.807) is 37.4 Å². The molecule has 10 heteroatoms. The number of aryl methyl sites for hydroxylation is 1. The van der Waals surface area contributed by atoms with Gasteiger partial charge in [0.25, 0.3) is 0 Å². The number of hydrogen-bond donors (Lipinski definition) is 2. The fourth-order valence-corrected chi connectivity index (χ4v) is 4.54. The van der Waals surface area contributed by atoms with Crippen LogP contribution >= 0.6 is 11.3 Å². The van der Waals surface area contributed by atoms with Crippen molar-refractivity contribution >= 4 is 44.7 Å². The summed E-state index contributed by atoms with van der Waals surface area (Å²) in [4.78, 5) is 31.0. The van der Waals surface area contributed by atoms with E-state index in [0.717, 1.165) is 32.9 Å². The molecule has 0 radical (unpaired) electrons. The van der Waals surface area contributed by atoms with Crippen LogP contribution in [0.2, 0.25) is 0 Å². The van der Waals surface area contributed by atoms with Gasteiger partial charge in [0.15, 0.2) is 17.5 Å². The normalized spacial score (nSPS) is 12.1. The molecule has 0 saturated heterocycles. The SMILES string of the molecule is Cc1ccc2nc(-c3ccc(NC(=O)[C@@H](C)N(C)CC(=O)Nc4ccc(F)c(F)c4F)cc3)sc2c1. The molecule has 186 valence electrons. The van der Waals surface area contributed by atoms with Gasteiger partial charge in [-0.1, -0.05) is 6.07 Å². The predicted octanol–water partition coefficient (Wildman–Crippen LogP) is 5.59. The first-order chi connectivity index (χ1) is 17.1. The van der Waals surface area contributed by atoms with Crippen molar-refractivity contribution in [2.45, 2.75) is 19.9 Å². The highest BCUT2D eigenvalue weighted by Crippen LogP contribution is 2.31. The number of likely N-dealkylation sites (N-methyl/N-ethyl adjacent to an activating group) is 1. The molecule has 0 fully saturated rings. The van der Waals surface area contributed by atoms with Crippen molar-refractivity contribution in [2.24, 2.45) is 0 Å². The third-order valence-electron chi connectivity index (χ3n) is 5.69. The Labute approximate surface area is 209 Å². The molecule has 1 heterocycles. The van der Waals surface area contributed by atoms with Gasteiger partial charge in [0.2, 0.25) is 11.8 Å². The molecule has 2 N–H and O–H groups in total. The van der Waals surface area contributed by atoms with Crippen LogP contribution in [0.3, 0.4) is 0 Å². The van der Waals surface area contributed by atoms with Gasteiger partial charge in [-0.05, 0) is 75.0 Å². The maximum atomic E-state index is 13.8. The molecule has 0 saturated carbocycles. The van der Waals surface area contributed by atoms with E-state index in [0.29, 0.717) is 5.69 Å². The number of anilines is 2. The molecule has 0 aliphatic heterocycles. The summed E-state index contributed by atoms with van der Waals surface area (Å²) >= 11 is 1.60. The maximum Gasteiger partial charge on any atom is 0.241 e. The third kappa shape index (κ3) is 5.55. The summed E-state index contributed by atoms with van der Waals surface area (Å²) in [7, 11) is 1.55. The Balaban J connectivity index is 1.35. The third-order valence-corrected chi connectivity index (χ3v) is 6.75. The molecular weight excluding hydrogens is 489 g/mol. The summed E-state index contributed by atoms with van der Waals surface area (Å²) in [6, 6.07) is 14.3. The Hall–Kier alpha value is -3.76. The lowest BCUT2D eigenvalue weighted by Gasteiger charge is -2.23. The fraction of sp³-hybridized carbons (Fsp3) is 0.192. The summed E-state index contributed by atoms with van der Waals surface area (Å²) in [5, 5.41) is 5.87.